The number of aliphatic carboxylic acids is 1. The zero-order valence-corrected chi connectivity index (χ0v) is 14.7. The lowest BCUT2D eigenvalue weighted by Gasteiger charge is -2.38. The maximum Gasteiger partial charge on any atom is 0.309 e. The standard InChI is InChI=1S/C18H30O4/c1-11(10-16(2,3)15(20)21)14(19)22-13-9-12-7-8-18(13,6)17(12,4)5/h11-13H,7-10H2,1-6H3,(H,20,21). The van der Waals surface area contributed by atoms with Crippen molar-refractivity contribution < 1.29 is 19.4 Å². The van der Waals surface area contributed by atoms with Crippen molar-refractivity contribution in [1.29, 1.82) is 0 Å². The molecule has 1 N–H and O–H groups in total. The first-order valence-corrected chi connectivity index (χ1v) is 8.36. The highest BCUT2D eigenvalue weighted by Gasteiger charge is 2.63. The Morgan fingerprint density at radius 3 is 2.32 bits per heavy atom. The Labute approximate surface area is 133 Å². The largest absolute Gasteiger partial charge is 0.481 e. The summed E-state index contributed by atoms with van der Waals surface area (Å²) in [5, 5.41) is 9.20. The molecule has 2 saturated carbocycles. The molecular weight excluding hydrogens is 280 g/mol. The zero-order valence-electron chi connectivity index (χ0n) is 14.7. The lowest BCUT2D eigenvalue weighted by molar-refractivity contribution is -0.163. The van der Waals surface area contributed by atoms with Gasteiger partial charge in [0.1, 0.15) is 6.10 Å². The summed E-state index contributed by atoms with van der Waals surface area (Å²) in [6, 6.07) is 0. The SMILES string of the molecule is CC(CC(C)(C)C(=O)O)C(=O)OC1CC2CCC1(C)C2(C)C. The first-order chi connectivity index (χ1) is 9.92. The summed E-state index contributed by atoms with van der Waals surface area (Å²) in [5.74, 6) is -0.887. The Hall–Kier alpha value is -1.06. The number of hydrogen-bond donors (Lipinski definition) is 1. The van der Waals surface area contributed by atoms with E-state index in [-0.39, 0.29) is 22.9 Å². The third kappa shape index (κ3) is 2.55. The van der Waals surface area contributed by atoms with E-state index in [1.54, 1.807) is 20.8 Å². The van der Waals surface area contributed by atoms with Crippen LogP contribution < -0.4 is 0 Å². The lowest BCUT2D eigenvalue weighted by atomic mass is 9.70. The van der Waals surface area contributed by atoms with Gasteiger partial charge in [0, 0.05) is 5.41 Å². The minimum Gasteiger partial charge on any atom is -0.481 e. The van der Waals surface area contributed by atoms with E-state index in [2.05, 4.69) is 20.8 Å². The van der Waals surface area contributed by atoms with Crippen LogP contribution in [0.5, 0.6) is 0 Å². The molecule has 0 saturated heterocycles. The van der Waals surface area contributed by atoms with Crippen LogP contribution in [0.1, 0.15) is 67.2 Å². The third-order valence-corrected chi connectivity index (χ3v) is 6.77. The highest BCUT2D eigenvalue weighted by Crippen LogP contribution is 2.66. The molecule has 0 aromatic rings. The van der Waals surface area contributed by atoms with E-state index >= 15 is 0 Å². The molecule has 22 heavy (non-hydrogen) atoms. The van der Waals surface area contributed by atoms with Crippen molar-refractivity contribution in [1.82, 2.24) is 0 Å². The Balaban J connectivity index is 2.00. The molecule has 0 spiro atoms. The maximum absolute atomic E-state index is 12.4. The molecule has 0 aliphatic heterocycles. The molecule has 0 amide bonds. The fourth-order valence-corrected chi connectivity index (χ4v) is 4.50. The van der Waals surface area contributed by atoms with Crippen LogP contribution in [0.25, 0.3) is 0 Å². The molecule has 2 fully saturated rings. The Morgan fingerprint density at radius 2 is 1.91 bits per heavy atom. The normalized spacial score (nSPS) is 34.5. The second kappa shape index (κ2) is 5.24. The summed E-state index contributed by atoms with van der Waals surface area (Å²) in [4.78, 5) is 23.6. The first kappa shape index (κ1) is 17.3. The predicted molar refractivity (Wildman–Crippen MR) is 84.3 cm³/mol. The summed E-state index contributed by atoms with van der Waals surface area (Å²) >= 11 is 0. The highest BCUT2D eigenvalue weighted by molar-refractivity contribution is 5.77. The second-order valence-corrected chi connectivity index (χ2v) is 8.83. The number of carboxylic acid groups (broad SMARTS) is 1. The molecule has 4 nitrogen and oxygen atoms in total. The van der Waals surface area contributed by atoms with Gasteiger partial charge in [-0.3, -0.25) is 9.59 Å². The molecule has 2 bridgehead atoms. The molecule has 2 aliphatic carbocycles. The average Bonchev–Trinajstić information content (AvgIpc) is 2.71. The van der Waals surface area contributed by atoms with Gasteiger partial charge >= 0.3 is 11.9 Å². The van der Waals surface area contributed by atoms with Crippen molar-refractivity contribution in [2.45, 2.75) is 73.3 Å². The Morgan fingerprint density at radius 1 is 1.32 bits per heavy atom. The minimum atomic E-state index is -0.906. The topological polar surface area (TPSA) is 63.6 Å². The molecular formula is C18H30O4. The number of carbonyl (C=O) groups excluding carboxylic acids is 1. The quantitative estimate of drug-likeness (QED) is 0.783. The molecule has 0 aromatic carbocycles. The van der Waals surface area contributed by atoms with Gasteiger partial charge in [-0.15, -0.1) is 0 Å². The average molecular weight is 310 g/mol. The van der Waals surface area contributed by atoms with Gasteiger partial charge in [-0.1, -0.05) is 27.7 Å². The van der Waals surface area contributed by atoms with Crippen LogP contribution in [0.15, 0.2) is 0 Å². The van der Waals surface area contributed by atoms with Crippen LogP contribution in [-0.2, 0) is 14.3 Å². The summed E-state index contributed by atoms with van der Waals surface area (Å²) in [5.41, 5.74) is -0.646. The Bertz CT molecular complexity index is 479. The van der Waals surface area contributed by atoms with E-state index in [4.69, 9.17) is 4.74 Å². The van der Waals surface area contributed by atoms with E-state index in [9.17, 15) is 14.7 Å². The van der Waals surface area contributed by atoms with Crippen LogP contribution in [-0.4, -0.2) is 23.1 Å². The summed E-state index contributed by atoms with van der Waals surface area (Å²) in [6.07, 6.45) is 3.56. The van der Waals surface area contributed by atoms with E-state index < -0.39 is 17.3 Å². The van der Waals surface area contributed by atoms with Crippen LogP contribution in [0.2, 0.25) is 0 Å². The van der Waals surface area contributed by atoms with Crippen LogP contribution in [0, 0.1) is 28.1 Å². The Kier molecular flexibility index (Phi) is 4.12. The van der Waals surface area contributed by atoms with E-state index in [0.717, 1.165) is 12.8 Å². The molecule has 4 atom stereocenters. The molecule has 126 valence electrons. The lowest BCUT2D eigenvalue weighted by Crippen LogP contribution is -2.39. The monoisotopic (exact) mass is 310 g/mol. The molecule has 0 heterocycles. The van der Waals surface area contributed by atoms with Gasteiger partial charge in [-0.05, 0) is 50.9 Å². The van der Waals surface area contributed by atoms with E-state index in [0.29, 0.717) is 12.3 Å². The maximum atomic E-state index is 12.4. The van der Waals surface area contributed by atoms with Crippen LogP contribution in [0.3, 0.4) is 0 Å². The molecule has 2 rings (SSSR count). The summed E-state index contributed by atoms with van der Waals surface area (Å²) in [7, 11) is 0. The number of rotatable bonds is 5. The van der Waals surface area contributed by atoms with Crippen molar-refractivity contribution in [2.24, 2.45) is 28.1 Å². The minimum absolute atomic E-state index is 0.0239. The predicted octanol–water partition coefficient (Wildman–Crippen LogP) is 3.88. The number of carbonyl (C=O) groups is 2. The zero-order chi connectivity index (χ0) is 16.9. The van der Waals surface area contributed by atoms with Crippen molar-refractivity contribution in [3.8, 4) is 0 Å². The van der Waals surface area contributed by atoms with Crippen molar-refractivity contribution in [3.05, 3.63) is 0 Å². The van der Waals surface area contributed by atoms with Gasteiger partial charge in [-0.2, -0.15) is 0 Å². The van der Waals surface area contributed by atoms with Gasteiger partial charge in [-0.25, -0.2) is 0 Å². The number of carboxylic acids is 1. The van der Waals surface area contributed by atoms with Crippen LogP contribution in [0.4, 0.5) is 0 Å². The molecule has 0 aromatic heterocycles. The molecule has 0 radical (unpaired) electrons. The molecule has 2 aliphatic rings. The number of hydrogen-bond acceptors (Lipinski definition) is 3. The van der Waals surface area contributed by atoms with Gasteiger partial charge in [0.25, 0.3) is 0 Å². The first-order valence-electron chi connectivity index (χ1n) is 8.36. The van der Waals surface area contributed by atoms with Gasteiger partial charge in [0.15, 0.2) is 0 Å². The molecule has 4 heteroatoms. The van der Waals surface area contributed by atoms with E-state index in [1.165, 1.54) is 6.42 Å². The number of fused-ring (bicyclic) bond motifs is 2. The fraction of sp³-hybridized carbons (Fsp3) is 0.889. The van der Waals surface area contributed by atoms with Crippen molar-refractivity contribution in [2.75, 3.05) is 0 Å². The van der Waals surface area contributed by atoms with Gasteiger partial charge < -0.3 is 9.84 Å². The van der Waals surface area contributed by atoms with E-state index in [1.807, 2.05) is 0 Å². The fourth-order valence-electron chi connectivity index (χ4n) is 4.50. The second-order valence-electron chi connectivity index (χ2n) is 8.83. The van der Waals surface area contributed by atoms with Gasteiger partial charge in [0.2, 0.25) is 0 Å². The number of esters is 1. The summed E-state index contributed by atoms with van der Waals surface area (Å²) < 4.78 is 5.84. The van der Waals surface area contributed by atoms with Crippen molar-refractivity contribution in [3.63, 3.8) is 0 Å². The smallest absolute Gasteiger partial charge is 0.309 e. The number of ether oxygens (including phenoxy) is 1. The highest BCUT2D eigenvalue weighted by atomic mass is 16.5. The summed E-state index contributed by atoms with van der Waals surface area (Å²) in [6.45, 7) is 11.9. The third-order valence-electron chi connectivity index (χ3n) is 6.77. The van der Waals surface area contributed by atoms with Crippen LogP contribution >= 0.6 is 0 Å². The molecule has 4 unspecified atom stereocenters. The van der Waals surface area contributed by atoms with Crippen molar-refractivity contribution >= 4 is 11.9 Å². The van der Waals surface area contributed by atoms with Gasteiger partial charge in [0.05, 0.1) is 11.3 Å².